The molecule has 1 fully saturated rings. The molecule has 7 heteroatoms. The van der Waals surface area contributed by atoms with E-state index in [9.17, 15) is 22.4 Å². The second-order valence-corrected chi connectivity index (χ2v) is 1.55. The molecule has 1 rings (SSSR count). The second-order valence-electron chi connectivity index (χ2n) is 1.55. The normalized spacial score (nSPS) is 22.4. The summed E-state index contributed by atoms with van der Waals surface area (Å²) in [6.45, 7) is 0. The Bertz CT molecular complexity index is 169. The van der Waals surface area contributed by atoms with Crippen LogP contribution < -0.4 is 0 Å². The maximum atomic E-state index is 11.4. The Hall–Kier alpha value is -0.690. The molecule has 1 aliphatic rings. The van der Waals surface area contributed by atoms with Gasteiger partial charge < -0.3 is 0 Å². The van der Waals surface area contributed by atoms with E-state index in [0.29, 0.717) is 0 Å². The van der Waals surface area contributed by atoms with Gasteiger partial charge in [0, 0.05) is 0 Å². The largest absolute Gasteiger partial charge is 0.460 e. The summed E-state index contributed by atoms with van der Waals surface area (Å²) < 4.78 is 45.7. The lowest BCUT2D eigenvalue weighted by Gasteiger charge is -2.03. The average Bonchev–Trinajstić information content (AvgIpc) is 2.36. The number of halogens is 4. The predicted molar refractivity (Wildman–Crippen MR) is 17.1 cm³/mol. The molecule has 0 aromatic heterocycles. The van der Waals surface area contributed by atoms with Crippen LogP contribution in [-0.4, -0.2) is 18.0 Å². The Morgan fingerprint density at radius 2 is 1.70 bits per heavy atom. The van der Waals surface area contributed by atoms with Crippen LogP contribution in [0.1, 0.15) is 0 Å². The van der Waals surface area contributed by atoms with Gasteiger partial charge in [-0.3, -0.25) is 4.79 Å². The monoisotopic (exact) mass is 160 g/mol. The van der Waals surface area contributed by atoms with Crippen LogP contribution in [0.5, 0.6) is 0 Å². The van der Waals surface area contributed by atoms with Crippen LogP contribution in [0.4, 0.5) is 17.6 Å². The summed E-state index contributed by atoms with van der Waals surface area (Å²) in [4.78, 5) is 15.9. The molecule has 0 atom stereocenters. The molecular weight excluding hydrogens is 160 g/mol. The van der Waals surface area contributed by atoms with Crippen LogP contribution >= 0.6 is 0 Å². The zero-order valence-electron chi connectivity index (χ0n) is 4.24. The Kier molecular flexibility index (Phi) is 1.24. The van der Waals surface area contributed by atoms with E-state index < -0.39 is 18.0 Å². The fourth-order valence-corrected chi connectivity index (χ4v) is 0.313. The number of rotatable bonds is 1. The molecule has 0 unspecified atom stereocenters. The highest BCUT2D eigenvalue weighted by Gasteiger charge is 2.77. The van der Waals surface area contributed by atoms with Crippen molar-refractivity contribution in [1.29, 1.82) is 0 Å². The molecule has 0 N–H and O–H groups in total. The van der Waals surface area contributed by atoms with Gasteiger partial charge in [-0.2, -0.15) is 27.3 Å². The molecule has 0 aromatic rings. The standard InChI is InChI=1S/C3F4O3/c4-1(8)2(9-10-2)3(5,6)7. The Labute approximate surface area is 51.4 Å². The smallest absolute Gasteiger partial charge is 0.254 e. The van der Waals surface area contributed by atoms with Gasteiger partial charge >= 0.3 is 18.0 Å². The van der Waals surface area contributed by atoms with Crippen molar-refractivity contribution < 1.29 is 32.1 Å². The predicted octanol–water partition coefficient (Wildman–Crippen LogP) is 0.703. The van der Waals surface area contributed by atoms with Crippen molar-refractivity contribution in [3.63, 3.8) is 0 Å². The van der Waals surface area contributed by atoms with Crippen LogP contribution in [0.25, 0.3) is 0 Å². The van der Waals surface area contributed by atoms with Crippen molar-refractivity contribution in [2.45, 2.75) is 12.0 Å². The summed E-state index contributed by atoms with van der Waals surface area (Å²) in [5.41, 5.74) is 0. The zero-order valence-corrected chi connectivity index (χ0v) is 4.24. The first-order chi connectivity index (χ1) is 4.40. The molecule has 0 radical (unpaired) electrons. The minimum atomic E-state index is -5.14. The third kappa shape index (κ3) is 0.781. The van der Waals surface area contributed by atoms with E-state index in [1.165, 1.54) is 0 Å². The number of hydrogen-bond acceptors (Lipinski definition) is 3. The van der Waals surface area contributed by atoms with Gasteiger partial charge in [-0.25, -0.2) is 0 Å². The molecule has 1 saturated heterocycles. The summed E-state index contributed by atoms with van der Waals surface area (Å²) in [5, 5.41) is 0. The summed E-state index contributed by atoms with van der Waals surface area (Å²) >= 11 is 0. The lowest BCUT2D eigenvalue weighted by atomic mass is 10.3. The van der Waals surface area contributed by atoms with Gasteiger partial charge in [0.1, 0.15) is 0 Å². The van der Waals surface area contributed by atoms with E-state index in [1.807, 2.05) is 0 Å². The van der Waals surface area contributed by atoms with E-state index in [4.69, 9.17) is 0 Å². The molecule has 0 spiro atoms. The number of carbonyl (C=O) groups excluding carboxylic acids is 1. The lowest BCUT2D eigenvalue weighted by molar-refractivity contribution is -0.201. The van der Waals surface area contributed by atoms with E-state index in [-0.39, 0.29) is 0 Å². The summed E-state index contributed by atoms with van der Waals surface area (Å²) in [5.74, 6) is -3.62. The number of carbonyl (C=O) groups is 1. The maximum absolute atomic E-state index is 11.4. The van der Waals surface area contributed by atoms with E-state index in [2.05, 4.69) is 9.78 Å². The first-order valence-corrected chi connectivity index (χ1v) is 2.03. The number of alkyl halides is 3. The highest BCUT2D eigenvalue weighted by molar-refractivity contribution is 5.79. The molecular formula is C3F4O3. The van der Waals surface area contributed by atoms with Crippen molar-refractivity contribution >= 4 is 6.04 Å². The third-order valence-electron chi connectivity index (χ3n) is 0.882. The van der Waals surface area contributed by atoms with Crippen molar-refractivity contribution in [2.75, 3.05) is 0 Å². The first-order valence-electron chi connectivity index (χ1n) is 2.03. The molecule has 1 aliphatic heterocycles. The summed E-state index contributed by atoms with van der Waals surface area (Å²) in [6.07, 6.45) is -5.14. The molecule has 1 heterocycles. The van der Waals surface area contributed by atoms with Gasteiger partial charge in [-0.15, -0.1) is 0 Å². The zero-order chi connectivity index (χ0) is 7.99. The maximum Gasteiger partial charge on any atom is 0.460 e. The molecule has 58 valence electrons. The van der Waals surface area contributed by atoms with Gasteiger partial charge in [-0.05, 0) is 0 Å². The lowest BCUT2D eigenvalue weighted by Crippen LogP contribution is -2.38. The summed E-state index contributed by atoms with van der Waals surface area (Å²) in [6, 6.07) is -2.69. The molecule has 0 saturated carbocycles. The highest BCUT2D eigenvalue weighted by Crippen LogP contribution is 2.45. The minimum Gasteiger partial charge on any atom is -0.254 e. The van der Waals surface area contributed by atoms with E-state index in [0.717, 1.165) is 0 Å². The van der Waals surface area contributed by atoms with Gasteiger partial charge in [0.15, 0.2) is 0 Å². The van der Waals surface area contributed by atoms with Crippen molar-refractivity contribution in [2.24, 2.45) is 0 Å². The van der Waals surface area contributed by atoms with Crippen molar-refractivity contribution in [3.8, 4) is 0 Å². The summed E-state index contributed by atoms with van der Waals surface area (Å²) in [7, 11) is 0. The molecule has 0 aromatic carbocycles. The Balaban J connectivity index is 2.80. The van der Waals surface area contributed by atoms with Gasteiger partial charge in [0.05, 0.1) is 0 Å². The van der Waals surface area contributed by atoms with Gasteiger partial charge in [0.25, 0.3) is 0 Å². The van der Waals surface area contributed by atoms with E-state index >= 15 is 0 Å². The Morgan fingerprint density at radius 3 is 1.70 bits per heavy atom. The third-order valence-corrected chi connectivity index (χ3v) is 0.882. The quantitative estimate of drug-likeness (QED) is 0.245. The highest BCUT2D eigenvalue weighted by atomic mass is 19.4. The molecule has 3 nitrogen and oxygen atoms in total. The molecule has 0 amide bonds. The minimum absolute atomic E-state index is 2.69. The molecule has 0 aliphatic carbocycles. The molecule has 10 heavy (non-hydrogen) atoms. The topological polar surface area (TPSA) is 42.1 Å². The Morgan fingerprint density at radius 1 is 1.30 bits per heavy atom. The average molecular weight is 160 g/mol. The first kappa shape index (κ1) is 7.42. The fourth-order valence-electron chi connectivity index (χ4n) is 0.313. The van der Waals surface area contributed by atoms with Gasteiger partial charge in [0.2, 0.25) is 0 Å². The second kappa shape index (κ2) is 1.67. The van der Waals surface area contributed by atoms with Crippen LogP contribution in [-0.2, 0) is 14.6 Å². The van der Waals surface area contributed by atoms with Crippen molar-refractivity contribution in [3.05, 3.63) is 0 Å². The van der Waals surface area contributed by atoms with Crippen LogP contribution in [0.2, 0.25) is 0 Å². The van der Waals surface area contributed by atoms with Crippen LogP contribution in [0.15, 0.2) is 0 Å². The van der Waals surface area contributed by atoms with E-state index in [1.54, 1.807) is 0 Å². The van der Waals surface area contributed by atoms with Gasteiger partial charge in [-0.1, -0.05) is 0 Å². The van der Waals surface area contributed by atoms with Crippen LogP contribution in [0, 0.1) is 0 Å². The number of hydrogen-bond donors (Lipinski definition) is 0. The van der Waals surface area contributed by atoms with Crippen molar-refractivity contribution in [1.82, 2.24) is 0 Å². The van der Waals surface area contributed by atoms with Crippen LogP contribution in [0.3, 0.4) is 0 Å². The molecule has 0 bridgehead atoms. The SMILES string of the molecule is O=C(F)C1(C(F)(F)F)OO1. The fraction of sp³-hybridized carbons (Fsp3) is 0.667.